The first-order chi connectivity index (χ1) is 9.70. The van der Waals surface area contributed by atoms with Crippen molar-refractivity contribution < 1.29 is 9.53 Å². The number of carbonyl (C=O) groups is 1. The molecule has 5 nitrogen and oxygen atoms in total. The van der Waals surface area contributed by atoms with E-state index < -0.39 is 0 Å². The van der Waals surface area contributed by atoms with E-state index in [1.54, 1.807) is 11.3 Å². The van der Waals surface area contributed by atoms with E-state index in [1.165, 1.54) is 18.9 Å². The first kappa shape index (κ1) is 13.6. The highest BCUT2D eigenvalue weighted by molar-refractivity contribution is 8.00. The number of esters is 1. The monoisotopic (exact) mass is 309 g/mol. The molecule has 1 saturated carbocycles. The number of methoxy groups -OCH3 is 1. The third kappa shape index (κ3) is 2.60. The molecule has 1 aliphatic carbocycles. The van der Waals surface area contributed by atoms with Gasteiger partial charge in [-0.3, -0.25) is 9.36 Å². The highest BCUT2D eigenvalue weighted by Crippen LogP contribution is 2.42. The molecule has 0 amide bonds. The Morgan fingerprint density at radius 2 is 2.35 bits per heavy atom. The van der Waals surface area contributed by atoms with E-state index in [0.29, 0.717) is 6.04 Å². The van der Waals surface area contributed by atoms with Gasteiger partial charge in [0, 0.05) is 6.04 Å². The second-order valence-corrected chi connectivity index (χ2v) is 6.92. The molecule has 0 radical (unpaired) electrons. The summed E-state index contributed by atoms with van der Waals surface area (Å²) in [5, 5.41) is 11.1. The maximum Gasteiger partial charge on any atom is 0.318 e. The van der Waals surface area contributed by atoms with Crippen LogP contribution in [0.2, 0.25) is 0 Å². The Bertz CT molecular complexity index is 605. The number of ether oxygens (including phenoxy) is 1. The van der Waals surface area contributed by atoms with Gasteiger partial charge in [-0.2, -0.15) is 0 Å². The van der Waals surface area contributed by atoms with Crippen molar-refractivity contribution in [2.75, 3.05) is 7.11 Å². The second kappa shape index (κ2) is 5.57. The fraction of sp³-hybridized carbons (Fsp3) is 0.462. The second-order valence-electron chi connectivity index (χ2n) is 4.67. The molecule has 7 heteroatoms. The topological polar surface area (TPSA) is 57.0 Å². The molecule has 0 spiro atoms. The van der Waals surface area contributed by atoms with Gasteiger partial charge in [-0.1, -0.05) is 17.8 Å². The molecular weight excluding hydrogens is 294 g/mol. The van der Waals surface area contributed by atoms with E-state index >= 15 is 0 Å². The summed E-state index contributed by atoms with van der Waals surface area (Å²) >= 11 is 3.06. The van der Waals surface area contributed by atoms with Crippen LogP contribution in [-0.4, -0.2) is 33.1 Å². The Labute approximate surface area is 125 Å². The zero-order valence-corrected chi connectivity index (χ0v) is 12.9. The maximum atomic E-state index is 11.5. The number of hydrogen-bond donors (Lipinski definition) is 0. The molecule has 0 saturated heterocycles. The molecule has 20 heavy (non-hydrogen) atoms. The predicted octanol–water partition coefficient (Wildman–Crippen LogP) is 3.00. The standard InChI is InChI=1S/C13H15N3O2S2/c1-8(12(17)18-2)20-13-15-14-11(10-4-3-7-19-10)16(13)9-5-6-9/h3-4,7-9H,5-6H2,1-2H3/t8-/m1/s1. The van der Waals surface area contributed by atoms with Crippen molar-refractivity contribution in [2.45, 2.75) is 36.2 Å². The van der Waals surface area contributed by atoms with Crippen molar-refractivity contribution >= 4 is 29.1 Å². The third-order valence-electron chi connectivity index (χ3n) is 3.13. The van der Waals surface area contributed by atoms with Gasteiger partial charge in [0.05, 0.1) is 12.0 Å². The average molecular weight is 309 g/mol. The van der Waals surface area contributed by atoms with Crippen LogP contribution in [0.4, 0.5) is 0 Å². The molecule has 0 aliphatic heterocycles. The lowest BCUT2D eigenvalue weighted by atomic mass is 10.4. The Hall–Kier alpha value is -1.34. The van der Waals surface area contributed by atoms with E-state index in [-0.39, 0.29) is 11.2 Å². The van der Waals surface area contributed by atoms with Gasteiger partial charge >= 0.3 is 5.97 Å². The molecule has 2 aromatic rings. The fourth-order valence-corrected chi connectivity index (χ4v) is 3.62. The fourth-order valence-electron chi connectivity index (χ4n) is 1.97. The summed E-state index contributed by atoms with van der Waals surface area (Å²) in [5.41, 5.74) is 0. The van der Waals surface area contributed by atoms with Crippen molar-refractivity contribution in [1.29, 1.82) is 0 Å². The summed E-state index contributed by atoms with van der Waals surface area (Å²) in [7, 11) is 1.40. The molecule has 2 aromatic heterocycles. The molecule has 1 aliphatic rings. The minimum Gasteiger partial charge on any atom is -0.468 e. The first-order valence-electron chi connectivity index (χ1n) is 6.44. The van der Waals surface area contributed by atoms with E-state index in [2.05, 4.69) is 14.8 Å². The largest absolute Gasteiger partial charge is 0.468 e. The Balaban J connectivity index is 1.90. The van der Waals surface area contributed by atoms with Crippen molar-refractivity contribution in [3.63, 3.8) is 0 Å². The number of aromatic nitrogens is 3. The molecule has 0 bridgehead atoms. The van der Waals surface area contributed by atoms with Gasteiger partial charge in [-0.05, 0) is 31.2 Å². The SMILES string of the molecule is COC(=O)[C@@H](C)Sc1nnc(-c2cccs2)n1C1CC1. The molecular formula is C13H15N3O2S2. The molecule has 0 N–H and O–H groups in total. The molecule has 0 aromatic carbocycles. The number of thiophene rings is 1. The van der Waals surface area contributed by atoms with Gasteiger partial charge in [-0.15, -0.1) is 21.5 Å². The maximum absolute atomic E-state index is 11.5. The molecule has 1 fully saturated rings. The van der Waals surface area contributed by atoms with E-state index in [4.69, 9.17) is 4.74 Å². The minimum absolute atomic E-state index is 0.238. The summed E-state index contributed by atoms with van der Waals surface area (Å²) in [6.07, 6.45) is 2.30. The van der Waals surface area contributed by atoms with Crippen LogP contribution < -0.4 is 0 Å². The van der Waals surface area contributed by atoms with Crippen LogP contribution in [0.5, 0.6) is 0 Å². The highest BCUT2D eigenvalue weighted by Gasteiger charge is 2.31. The van der Waals surface area contributed by atoms with Crippen LogP contribution in [-0.2, 0) is 9.53 Å². The predicted molar refractivity (Wildman–Crippen MR) is 78.9 cm³/mol. The van der Waals surface area contributed by atoms with Crippen LogP contribution in [0.25, 0.3) is 10.7 Å². The summed E-state index contributed by atoms with van der Waals surface area (Å²) in [4.78, 5) is 12.7. The lowest BCUT2D eigenvalue weighted by molar-refractivity contribution is -0.139. The van der Waals surface area contributed by atoms with Gasteiger partial charge in [0.25, 0.3) is 0 Å². The summed E-state index contributed by atoms with van der Waals surface area (Å²) in [5.74, 6) is 0.667. The van der Waals surface area contributed by atoms with Gasteiger partial charge in [0.15, 0.2) is 11.0 Å². The van der Waals surface area contributed by atoms with Crippen molar-refractivity contribution in [1.82, 2.24) is 14.8 Å². The van der Waals surface area contributed by atoms with Crippen LogP contribution in [0.15, 0.2) is 22.7 Å². The molecule has 2 heterocycles. The Kier molecular flexibility index (Phi) is 3.80. The number of hydrogen-bond acceptors (Lipinski definition) is 6. The van der Waals surface area contributed by atoms with Crippen molar-refractivity contribution in [2.24, 2.45) is 0 Å². The van der Waals surface area contributed by atoms with Crippen LogP contribution in [0, 0.1) is 0 Å². The molecule has 3 rings (SSSR count). The van der Waals surface area contributed by atoms with Gasteiger partial charge in [-0.25, -0.2) is 0 Å². The quantitative estimate of drug-likeness (QED) is 0.628. The van der Waals surface area contributed by atoms with Gasteiger partial charge in [0.2, 0.25) is 0 Å². The van der Waals surface area contributed by atoms with Crippen molar-refractivity contribution in [3.8, 4) is 10.7 Å². The van der Waals surface area contributed by atoms with E-state index in [0.717, 1.165) is 28.7 Å². The zero-order chi connectivity index (χ0) is 14.1. The lowest BCUT2D eigenvalue weighted by Gasteiger charge is -2.10. The highest BCUT2D eigenvalue weighted by atomic mass is 32.2. The number of carbonyl (C=O) groups excluding carboxylic acids is 1. The Morgan fingerprint density at radius 1 is 1.55 bits per heavy atom. The van der Waals surface area contributed by atoms with E-state index in [9.17, 15) is 4.79 Å². The van der Waals surface area contributed by atoms with Crippen molar-refractivity contribution in [3.05, 3.63) is 17.5 Å². The number of rotatable bonds is 5. The summed E-state index contributed by atoms with van der Waals surface area (Å²) < 4.78 is 6.93. The average Bonchev–Trinajstić information content (AvgIpc) is 2.99. The Morgan fingerprint density at radius 3 is 2.95 bits per heavy atom. The van der Waals surface area contributed by atoms with Gasteiger partial charge < -0.3 is 4.74 Å². The third-order valence-corrected chi connectivity index (χ3v) is 5.03. The van der Waals surface area contributed by atoms with Gasteiger partial charge in [0.1, 0.15) is 5.25 Å². The lowest BCUT2D eigenvalue weighted by Crippen LogP contribution is -2.15. The summed E-state index contributed by atoms with van der Waals surface area (Å²) in [6.45, 7) is 1.83. The zero-order valence-electron chi connectivity index (χ0n) is 11.3. The number of thioether (sulfide) groups is 1. The first-order valence-corrected chi connectivity index (χ1v) is 8.20. The molecule has 1 atom stereocenters. The van der Waals surface area contributed by atoms with Crippen LogP contribution in [0.3, 0.4) is 0 Å². The normalized spacial score (nSPS) is 16.1. The smallest absolute Gasteiger partial charge is 0.318 e. The molecule has 0 unspecified atom stereocenters. The van der Waals surface area contributed by atoms with E-state index in [1.807, 2.05) is 24.4 Å². The minimum atomic E-state index is -0.280. The molecule has 106 valence electrons. The summed E-state index contributed by atoms with van der Waals surface area (Å²) in [6, 6.07) is 4.52. The van der Waals surface area contributed by atoms with Crippen LogP contribution >= 0.6 is 23.1 Å². The number of nitrogens with zero attached hydrogens (tertiary/aromatic N) is 3. The van der Waals surface area contributed by atoms with Crippen LogP contribution in [0.1, 0.15) is 25.8 Å².